The summed E-state index contributed by atoms with van der Waals surface area (Å²) in [6.07, 6.45) is 1.31. The summed E-state index contributed by atoms with van der Waals surface area (Å²) in [5, 5.41) is 5.67. The van der Waals surface area contributed by atoms with Crippen molar-refractivity contribution in [1.29, 1.82) is 0 Å². The number of ether oxygens (including phenoxy) is 1. The highest BCUT2D eigenvalue weighted by Gasteiger charge is 2.30. The van der Waals surface area contributed by atoms with Crippen LogP contribution in [0.3, 0.4) is 0 Å². The molecular weight excluding hydrogens is 430 g/mol. The SMILES string of the molecule is O=C(COC(=O)[C@@H]1CCCN(C(=O)Nc2ccccc2)C1)Nc1ccccc1-c1ccccc1. The number of hydrogen-bond acceptors (Lipinski definition) is 4. The fourth-order valence-corrected chi connectivity index (χ4v) is 3.98. The molecule has 3 aromatic carbocycles. The number of nitrogens with zero attached hydrogens (tertiary/aromatic N) is 1. The Labute approximate surface area is 198 Å². The van der Waals surface area contributed by atoms with Gasteiger partial charge in [0.1, 0.15) is 0 Å². The number of benzene rings is 3. The molecule has 1 fully saturated rings. The zero-order valence-electron chi connectivity index (χ0n) is 18.8. The van der Waals surface area contributed by atoms with Gasteiger partial charge in [0.05, 0.1) is 5.92 Å². The van der Waals surface area contributed by atoms with Gasteiger partial charge in [-0.3, -0.25) is 9.59 Å². The van der Waals surface area contributed by atoms with Crippen LogP contribution < -0.4 is 10.6 Å². The maximum absolute atomic E-state index is 12.6. The smallest absolute Gasteiger partial charge is 0.321 e. The molecule has 3 amide bonds. The van der Waals surface area contributed by atoms with Crippen LogP contribution in [0.4, 0.5) is 16.2 Å². The van der Waals surface area contributed by atoms with Gasteiger partial charge in [-0.05, 0) is 36.6 Å². The molecule has 1 atom stereocenters. The number of anilines is 2. The van der Waals surface area contributed by atoms with Gasteiger partial charge in [-0.25, -0.2) is 4.79 Å². The van der Waals surface area contributed by atoms with Crippen molar-refractivity contribution >= 4 is 29.3 Å². The minimum Gasteiger partial charge on any atom is -0.455 e. The van der Waals surface area contributed by atoms with Crippen LogP contribution in [0, 0.1) is 5.92 Å². The molecule has 1 aliphatic rings. The van der Waals surface area contributed by atoms with E-state index in [0.29, 0.717) is 30.8 Å². The Hall–Kier alpha value is -4.13. The predicted molar refractivity (Wildman–Crippen MR) is 131 cm³/mol. The molecule has 0 unspecified atom stereocenters. The van der Waals surface area contributed by atoms with Crippen LogP contribution in [0.2, 0.25) is 0 Å². The van der Waals surface area contributed by atoms with Crippen LogP contribution >= 0.6 is 0 Å². The van der Waals surface area contributed by atoms with E-state index in [-0.39, 0.29) is 19.2 Å². The van der Waals surface area contributed by atoms with Crippen molar-refractivity contribution in [3.8, 4) is 11.1 Å². The van der Waals surface area contributed by atoms with Gasteiger partial charge in [0, 0.05) is 30.0 Å². The molecule has 4 rings (SSSR count). The van der Waals surface area contributed by atoms with Crippen LogP contribution in [0.15, 0.2) is 84.9 Å². The largest absolute Gasteiger partial charge is 0.455 e. The molecule has 7 nitrogen and oxygen atoms in total. The second-order valence-corrected chi connectivity index (χ2v) is 8.15. The number of hydrogen-bond donors (Lipinski definition) is 2. The third kappa shape index (κ3) is 6.01. The van der Waals surface area contributed by atoms with E-state index in [1.54, 1.807) is 4.90 Å². The number of carbonyl (C=O) groups is 3. The number of carbonyl (C=O) groups excluding carboxylic acids is 3. The van der Waals surface area contributed by atoms with Crippen molar-refractivity contribution in [1.82, 2.24) is 4.90 Å². The quantitative estimate of drug-likeness (QED) is 0.522. The second kappa shape index (κ2) is 11.1. The van der Waals surface area contributed by atoms with Gasteiger partial charge >= 0.3 is 12.0 Å². The lowest BCUT2D eigenvalue weighted by atomic mass is 9.98. The van der Waals surface area contributed by atoms with Gasteiger partial charge in [0.25, 0.3) is 5.91 Å². The Kier molecular flexibility index (Phi) is 7.55. The summed E-state index contributed by atoms with van der Waals surface area (Å²) in [4.78, 5) is 39.3. The molecule has 2 N–H and O–H groups in total. The Bertz CT molecular complexity index is 1130. The van der Waals surface area contributed by atoms with Crippen molar-refractivity contribution in [3.05, 3.63) is 84.9 Å². The maximum atomic E-state index is 12.6. The van der Waals surface area contributed by atoms with Gasteiger partial charge in [-0.2, -0.15) is 0 Å². The van der Waals surface area contributed by atoms with Crippen LogP contribution in [0.25, 0.3) is 11.1 Å². The maximum Gasteiger partial charge on any atom is 0.321 e. The van der Waals surface area contributed by atoms with E-state index in [1.807, 2.05) is 84.9 Å². The first kappa shape index (κ1) is 23.0. The van der Waals surface area contributed by atoms with Gasteiger partial charge in [0.2, 0.25) is 0 Å². The molecule has 1 aliphatic heterocycles. The van der Waals surface area contributed by atoms with Crippen molar-refractivity contribution in [3.63, 3.8) is 0 Å². The highest BCUT2D eigenvalue weighted by Crippen LogP contribution is 2.27. The topological polar surface area (TPSA) is 87.7 Å². The van der Waals surface area contributed by atoms with E-state index in [0.717, 1.165) is 11.1 Å². The van der Waals surface area contributed by atoms with Crippen molar-refractivity contribution in [2.24, 2.45) is 5.92 Å². The first-order chi connectivity index (χ1) is 16.6. The molecule has 0 spiro atoms. The summed E-state index contributed by atoms with van der Waals surface area (Å²) in [7, 11) is 0. The molecule has 1 saturated heterocycles. The van der Waals surface area contributed by atoms with Gasteiger partial charge in [-0.1, -0.05) is 66.7 Å². The lowest BCUT2D eigenvalue weighted by Crippen LogP contribution is -2.45. The van der Waals surface area contributed by atoms with E-state index in [2.05, 4.69) is 10.6 Å². The Balaban J connectivity index is 1.29. The van der Waals surface area contributed by atoms with Gasteiger partial charge in [0.15, 0.2) is 6.61 Å². The van der Waals surface area contributed by atoms with E-state index in [1.165, 1.54) is 0 Å². The van der Waals surface area contributed by atoms with E-state index < -0.39 is 17.8 Å². The number of nitrogens with one attached hydrogen (secondary N) is 2. The number of likely N-dealkylation sites (tertiary alicyclic amines) is 1. The number of piperidine rings is 1. The molecule has 0 bridgehead atoms. The second-order valence-electron chi connectivity index (χ2n) is 8.15. The molecule has 3 aromatic rings. The molecule has 0 radical (unpaired) electrons. The standard InChI is InChI=1S/C27H27N3O4/c31-25(29-24-16-8-7-15-23(24)20-10-3-1-4-11-20)19-34-26(32)21-12-9-17-30(18-21)27(33)28-22-13-5-2-6-14-22/h1-8,10-11,13-16,21H,9,12,17-19H2,(H,28,33)(H,29,31)/t21-/m1/s1. The number of urea groups is 1. The lowest BCUT2D eigenvalue weighted by Gasteiger charge is -2.31. The molecule has 0 aliphatic carbocycles. The first-order valence-corrected chi connectivity index (χ1v) is 11.3. The Morgan fingerprint density at radius 1 is 0.853 bits per heavy atom. The third-order valence-electron chi connectivity index (χ3n) is 5.70. The summed E-state index contributed by atoms with van der Waals surface area (Å²) >= 11 is 0. The van der Waals surface area contributed by atoms with Crippen LogP contribution in [-0.2, 0) is 14.3 Å². The van der Waals surface area contributed by atoms with Gasteiger partial charge < -0.3 is 20.3 Å². The zero-order chi connectivity index (χ0) is 23.8. The number of esters is 1. The summed E-state index contributed by atoms with van der Waals surface area (Å²) in [5.74, 6) is -1.34. The lowest BCUT2D eigenvalue weighted by molar-refractivity contribution is -0.152. The summed E-state index contributed by atoms with van der Waals surface area (Å²) in [6, 6.07) is 26.1. The van der Waals surface area contributed by atoms with Crippen molar-refractivity contribution < 1.29 is 19.1 Å². The average Bonchev–Trinajstić information content (AvgIpc) is 2.89. The summed E-state index contributed by atoms with van der Waals surface area (Å²) < 4.78 is 5.30. The summed E-state index contributed by atoms with van der Waals surface area (Å²) in [6.45, 7) is 0.448. The molecule has 0 saturated carbocycles. The van der Waals surface area contributed by atoms with Crippen LogP contribution in [0.1, 0.15) is 12.8 Å². The van der Waals surface area contributed by atoms with Crippen LogP contribution in [0.5, 0.6) is 0 Å². The first-order valence-electron chi connectivity index (χ1n) is 11.3. The molecule has 7 heteroatoms. The minimum absolute atomic E-state index is 0.251. The normalized spacial score (nSPS) is 15.3. The minimum atomic E-state index is -0.469. The van der Waals surface area contributed by atoms with E-state index >= 15 is 0 Å². The van der Waals surface area contributed by atoms with E-state index in [4.69, 9.17) is 4.74 Å². The third-order valence-corrected chi connectivity index (χ3v) is 5.70. The Morgan fingerprint density at radius 3 is 2.29 bits per heavy atom. The summed E-state index contributed by atoms with van der Waals surface area (Å²) in [5.41, 5.74) is 3.21. The number of rotatable bonds is 6. The predicted octanol–water partition coefficient (Wildman–Crippen LogP) is 4.78. The highest BCUT2D eigenvalue weighted by molar-refractivity contribution is 5.97. The fourth-order valence-electron chi connectivity index (χ4n) is 3.98. The zero-order valence-corrected chi connectivity index (χ0v) is 18.8. The fraction of sp³-hybridized carbons (Fsp3) is 0.222. The molecule has 0 aromatic heterocycles. The average molecular weight is 458 g/mol. The van der Waals surface area contributed by atoms with Crippen LogP contribution in [-0.4, -0.2) is 42.5 Å². The van der Waals surface area contributed by atoms with E-state index in [9.17, 15) is 14.4 Å². The number of para-hydroxylation sites is 2. The van der Waals surface area contributed by atoms with Crippen molar-refractivity contribution in [2.75, 3.05) is 30.3 Å². The monoisotopic (exact) mass is 457 g/mol. The van der Waals surface area contributed by atoms with Crippen molar-refractivity contribution in [2.45, 2.75) is 12.8 Å². The highest BCUT2D eigenvalue weighted by atomic mass is 16.5. The molecular formula is C27H27N3O4. The Morgan fingerprint density at radius 2 is 1.53 bits per heavy atom. The number of amides is 3. The molecule has 174 valence electrons. The molecule has 1 heterocycles. The molecule has 34 heavy (non-hydrogen) atoms. The van der Waals surface area contributed by atoms with Gasteiger partial charge in [-0.15, -0.1) is 0 Å².